The Balaban J connectivity index is 0.000000181. The zero-order chi connectivity index (χ0) is 11.5. The van der Waals surface area contributed by atoms with E-state index in [1.807, 2.05) is 42.5 Å². The Bertz CT molecular complexity index is 270. The number of hydrogen-bond donors (Lipinski definition) is 0. The molecule has 1 saturated heterocycles. The molecule has 0 unspecified atom stereocenters. The summed E-state index contributed by atoms with van der Waals surface area (Å²) in [6.07, 6.45) is 3.93. The fourth-order valence-corrected chi connectivity index (χ4v) is 1.27. The maximum Gasteiger partial charge on any atom is 0.0701 e. The van der Waals surface area contributed by atoms with Crippen molar-refractivity contribution in [3.05, 3.63) is 42.0 Å². The summed E-state index contributed by atoms with van der Waals surface area (Å²) in [7, 11) is 0. The summed E-state index contributed by atoms with van der Waals surface area (Å²) in [6, 6.07) is 10.1. The van der Waals surface area contributed by atoms with Crippen LogP contribution in [0.15, 0.2) is 36.4 Å². The Morgan fingerprint density at radius 3 is 2.00 bits per heavy atom. The Labute approximate surface area is 102 Å². The van der Waals surface area contributed by atoms with E-state index in [0.717, 1.165) is 26.4 Å². The number of halogens is 1. The molecule has 1 heterocycles. The van der Waals surface area contributed by atoms with Crippen LogP contribution in [0, 0.1) is 0 Å². The van der Waals surface area contributed by atoms with E-state index in [2.05, 4.69) is 0 Å². The summed E-state index contributed by atoms with van der Waals surface area (Å²) < 4.78 is 9.89. The molecule has 2 nitrogen and oxygen atoms in total. The topological polar surface area (TPSA) is 18.5 Å². The van der Waals surface area contributed by atoms with Crippen molar-refractivity contribution in [3.63, 3.8) is 0 Å². The molecule has 0 saturated carbocycles. The fraction of sp³-hybridized carbons (Fsp3) is 0.385. The highest BCUT2D eigenvalue weighted by atomic mass is 35.5. The fourth-order valence-electron chi connectivity index (χ4n) is 1.18. The maximum atomic E-state index is 5.46. The lowest BCUT2D eigenvalue weighted by Crippen LogP contribution is -2.16. The monoisotopic (exact) mass is 240 g/mol. The molecule has 1 aliphatic heterocycles. The number of ether oxygens (including phenoxy) is 2. The lowest BCUT2D eigenvalue weighted by Gasteiger charge is -2.09. The second-order valence-electron chi connectivity index (χ2n) is 3.19. The molecule has 0 amide bonds. The van der Waals surface area contributed by atoms with Crippen LogP contribution in [-0.2, 0) is 9.47 Å². The van der Waals surface area contributed by atoms with E-state index in [0.29, 0.717) is 5.88 Å². The van der Waals surface area contributed by atoms with Crippen molar-refractivity contribution in [2.75, 3.05) is 32.3 Å². The Morgan fingerprint density at radius 2 is 1.56 bits per heavy atom. The van der Waals surface area contributed by atoms with Gasteiger partial charge in [-0.05, 0) is 5.56 Å². The standard InChI is InChI=1S/C9H9Cl.C4H8O2/c10-8-4-7-9-5-2-1-3-6-9;1-2-6-4-3-5-1/h1-7H,8H2;1-4H2. The molecule has 0 aliphatic carbocycles. The summed E-state index contributed by atoms with van der Waals surface area (Å²) >= 11 is 5.46. The second kappa shape index (κ2) is 9.40. The van der Waals surface area contributed by atoms with Gasteiger partial charge >= 0.3 is 0 Å². The van der Waals surface area contributed by atoms with Crippen LogP contribution in [0.3, 0.4) is 0 Å². The van der Waals surface area contributed by atoms with Crippen LogP contribution in [0.2, 0.25) is 0 Å². The number of hydrogen-bond acceptors (Lipinski definition) is 2. The molecular formula is C13H17ClO2. The molecule has 3 heteroatoms. The van der Waals surface area contributed by atoms with Crippen LogP contribution in [0.25, 0.3) is 6.08 Å². The molecule has 88 valence electrons. The smallest absolute Gasteiger partial charge is 0.0701 e. The van der Waals surface area contributed by atoms with Crippen LogP contribution >= 0.6 is 11.6 Å². The van der Waals surface area contributed by atoms with Gasteiger partial charge in [-0.3, -0.25) is 0 Å². The zero-order valence-electron chi connectivity index (χ0n) is 9.27. The molecule has 0 atom stereocenters. The summed E-state index contributed by atoms with van der Waals surface area (Å²) in [5.41, 5.74) is 1.20. The summed E-state index contributed by atoms with van der Waals surface area (Å²) in [5, 5.41) is 0. The van der Waals surface area contributed by atoms with Crippen molar-refractivity contribution in [3.8, 4) is 0 Å². The van der Waals surface area contributed by atoms with Crippen molar-refractivity contribution >= 4 is 17.7 Å². The SMILES string of the molecule is C1COCCO1.ClCC=Cc1ccccc1. The van der Waals surface area contributed by atoms with Gasteiger partial charge in [0.2, 0.25) is 0 Å². The Kier molecular flexibility index (Phi) is 7.78. The van der Waals surface area contributed by atoms with Crippen molar-refractivity contribution in [1.29, 1.82) is 0 Å². The summed E-state index contributed by atoms with van der Waals surface area (Å²) in [5.74, 6) is 0.578. The first-order valence-electron chi connectivity index (χ1n) is 5.36. The molecule has 1 fully saturated rings. The van der Waals surface area contributed by atoms with E-state index in [4.69, 9.17) is 21.1 Å². The number of allylic oxidation sites excluding steroid dienone is 1. The van der Waals surface area contributed by atoms with E-state index in [9.17, 15) is 0 Å². The highest BCUT2D eigenvalue weighted by Crippen LogP contribution is 2.00. The Hall–Kier alpha value is -0.830. The highest BCUT2D eigenvalue weighted by molar-refractivity contribution is 6.19. The van der Waals surface area contributed by atoms with E-state index >= 15 is 0 Å². The molecule has 2 rings (SSSR count). The number of alkyl halides is 1. The van der Waals surface area contributed by atoms with Gasteiger partial charge in [0.1, 0.15) is 0 Å². The average molecular weight is 241 g/mol. The third kappa shape index (κ3) is 6.62. The first kappa shape index (κ1) is 13.2. The first-order chi connectivity index (χ1) is 7.93. The predicted molar refractivity (Wildman–Crippen MR) is 67.8 cm³/mol. The molecule has 1 aromatic carbocycles. The van der Waals surface area contributed by atoms with Gasteiger partial charge in [-0.25, -0.2) is 0 Å². The molecule has 1 aromatic rings. The van der Waals surface area contributed by atoms with Gasteiger partial charge < -0.3 is 9.47 Å². The van der Waals surface area contributed by atoms with Gasteiger partial charge in [-0.2, -0.15) is 0 Å². The van der Waals surface area contributed by atoms with Crippen molar-refractivity contribution in [2.45, 2.75) is 0 Å². The molecule has 0 N–H and O–H groups in total. The van der Waals surface area contributed by atoms with E-state index in [1.165, 1.54) is 5.56 Å². The lowest BCUT2D eigenvalue weighted by molar-refractivity contribution is -0.0334. The Morgan fingerprint density at radius 1 is 1.00 bits per heavy atom. The van der Waals surface area contributed by atoms with Gasteiger partial charge in [0, 0.05) is 5.88 Å². The maximum absolute atomic E-state index is 5.46. The van der Waals surface area contributed by atoms with Crippen LogP contribution < -0.4 is 0 Å². The van der Waals surface area contributed by atoms with Gasteiger partial charge in [0.25, 0.3) is 0 Å². The molecule has 16 heavy (non-hydrogen) atoms. The van der Waals surface area contributed by atoms with E-state index < -0.39 is 0 Å². The largest absolute Gasteiger partial charge is 0.377 e. The first-order valence-corrected chi connectivity index (χ1v) is 5.90. The van der Waals surface area contributed by atoms with Gasteiger partial charge in [-0.1, -0.05) is 42.5 Å². The third-order valence-corrected chi connectivity index (χ3v) is 2.12. The van der Waals surface area contributed by atoms with Crippen LogP contribution in [0.5, 0.6) is 0 Å². The van der Waals surface area contributed by atoms with Gasteiger partial charge in [0.05, 0.1) is 26.4 Å². The van der Waals surface area contributed by atoms with Crippen LogP contribution in [-0.4, -0.2) is 32.3 Å². The molecule has 0 radical (unpaired) electrons. The molecule has 0 aromatic heterocycles. The minimum Gasteiger partial charge on any atom is -0.377 e. The molecule has 0 bridgehead atoms. The van der Waals surface area contributed by atoms with E-state index in [1.54, 1.807) is 0 Å². The second-order valence-corrected chi connectivity index (χ2v) is 3.50. The predicted octanol–water partition coefficient (Wildman–Crippen LogP) is 2.97. The number of rotatable bonds is 2. The quantitative estimate of drug-likeness (QED) is 0.740. The third-order valence-electron chi connectivity index (χ3n) is 1.94. The minimum atomic E-state index is 0.578. The van der Waals surface area contributed by atoms with Crippen LogP contribution in [0.1, 0.15) is 5.56 Å². The van der Waals surface area contributed by atoms with Crippen LogP contribution in [0.4, 0.5) is 0 Å². The minimum absolute atomic E-state index is 0.578. The summed E-state index contributed by atoms with van der Waals surface area (Å²) in [6.45, 7) is 3.11. The highest BCUT2D eigenvalue weighted by Gasteiger charge is 1.94. The molecular weight excluding hydrogens is 224 g/mol. The van der Waals surface area contributed by atoms with Crippen molar-refractivity contribution < 1.29 is 9.47 Å². The number of benzene rings is 1. The van der Waals surface area contributed by atoms with Gasteiger partial charge in [0.15, 0.2) is 0 Å². The molecule has 0 spiro atoms. The van der Waals surface area contributed by atoms with Crippen molar-refractivity contribution in [1.82, 2.24) is 0 Å². The van der Waals surface area contributed by atoms with E-state index in [-0.39, 0.29) is 0 Å². The normalized spacial score (nSPS) is 15.6. The average Bonchev–Trinajstić information content (AvgIpc) is 2.40. The lowest BCUT2D eigenvalue weighted by atomic mass is 10.2. The zero-order valence-corrected chi connectivity index (χ0v) is 10.0. The van der Waals surface area contributed by atoms with Crippen molar-refractivity contribution in [2.24, 2.45) is 0 Å². The molecule has 1 aliphatic rings. The summed E-state index contributed by atoms with van der Waals surface area (Å²) in [4.78, 5) is 0. The van der Waals surface area contributed by atoms with Gasteiger partial charge in [-0.15, -0.1) is 11.6 Å².